The Morgan fingerprint density at radius 2 is 2.29 bits per heavy atom. The average Bonchev–Trinajstić information content (AvgIpc) is 2.36. The molecular formula is C13H26N2OS. The Hall–Kier alpha value is -0.220. The molecule has 1 fully saturated rings. The van der Waals surface area contributed by atoms with Gasteiger partial charge in [-0.05, 0) is 31.7 Å². The number of nitrogens with two attached hydrogens (primary N) is 1. The van der Waals surface area contributed by atoms with E-state index in [0.29, 0.717) is 23.5 Å². The molecule has 1 aliphatic rings. The minimum absolute atomic E-state index is 0.340. The van der Waals surface area contributed by atoms with Crippen LogP contribution in [0.1, 0.15) is 39.5 Å². The molecule has 2 atom stereocenters. The van der Waals surface area contributed by atoms with Crippen LogP contribution >= 0.6 is 11.8 Å². The van der Waals surface area contributed by atoms with Crippen molar-refractivity contribution < 1.29 is 4.79 Å². The maximum atomic E-state index is 12.1. The molecule has 0 aromatic heterocycles. The van der Waals surface area contributed by atoms with Crippen molar-refractivity contribution >= 4 is 17.7 Å². The molecule has 1 saturated heterocycles. The molecule has 2 N–H and O–H groups in total. The first kappa shape index (κ1) is 14.8. The number of thioether (sulfide) groups is 1. The normalized spacial score (nSPS) is 22.5. The summed E-state index contributed by atoms with van der Waals surface area (Å²) in [6.45, 7) is 7.00. The van der Waals surface area contributed by atoms with Gasteiger partial charge in [0.2, 0.25) is 5.91 Å². The number of nitrogens with zero attached hydrogens (tertiary/aromatic N) is 1. The topological polar surface area (TPSA) is 46.3 Å². The summed E-state index contributed by atoms with van der Waals surface area (Å²) < 4.78 is 0. The predicted octanol–water partition coefficient (Wildman–Crippen LogP) is 2.11. The molecule has 1 amide bonds. The van der Waals surface area contributed by atoms with Gasteiger partial charge in [-0.25, -0.2) is 0 Å². The van der Waals surface area contributed by atoms with Crippen molar-refractivity contribution in [3.05, 3.63) is 0 Å². The van der Waals surface area contributed by atoms with Gasteiger partial charge in [-0.2, -0.15) is 11.8 Å². The SMILES string of the molecule is CCC1CN(C(=O)CCC(C)CCN)CCS1. The fraction of sp³-hybridized carbons (Fsp3) is 0.923. The summed E-state index contributed by atoms with van der Waals surface area (Å²) in [6.07, 6.45) is 3.87. The summed E-state index contributed by atoms with van der Waals surface area (Å²) in [5, 5.41) is 0.647. The number of amides is 1. The molecule has 0 radical (unpaired) electrons. The molecule has 1 aliphatic heterocycles. The van der Waals surface area contributed by atoms with Crippen LogP contribution in [0, 0.1) is 5.92 Å². The first-order valence-electron chi connectivity index (χ1n) is 6.76. The van der Waals surface area contributed by atoms with Crippen LogP contribution in [0.25, 0.3) is 0 Å². The zero-order chi connectivity index (χ0) is 12.7. The number of rotatable bonds is 6. The van der Waals surface area contributed by atoms with Crippen LogP contribution in [0.2, 0.25) is 0 Å². The molecule has 0 bridgehead atoms. The molecule has 1 heterocycles. The van der Waals surface area contributed by atoms with Crippen molar-refractivity contribution in [2.24, 2.45) is 11.7 Å². The van der Waals surface area contributed by atoms with Crippen molar-refractivity contribution in [1.82, 2.24) is 4.90 Å². The third kappa shape index (κ3) is 5.30. The summed E-state index contributed by atoms with van der Waals surface area (Å²) in [5.74, 6) is 2.01. The minimum atomic E-state index is 0.340. The highest BCUT2D eigenvalue weighted by atomic mass is 32.2. The second kappa shape index (κ2) is 7.98. The fourth-order valence-corrected chi connectivity index (χ4v) is 3.33. The molecule has 100 valence electrons. The summed E-state index contributed by atoms with van der Waals surface area (Å²) in [5.41, 5.74) is 5.52. The van der Waals surface area contributed by atoms with Crippen molar-refractivity contribution in [2.75, 3.05) is 25.4 Å². The predicted molar refractivity (Wildman–Crippen MR) is 75.2 cm³/mol. The second-order valence-corrected chi connectivity index (χ2v) is 6.37. The van der Waals surface area contributed by atoms with Crippen molar-refractivity contribution in [1.29, 1.82) is 0 Å². The van der Waals surface area contributed by atoms with Crippen LogP contribution in [-0.4, -0.2) is 41.4 Å². The quantitative estimate of drug-likeness (QED) is 0.793. The first-order chi connectivity index (χ1) is 8.17. The van der Waals surface area contributed by atoms with Crippen LogP contribution < -0.4 is 5.73 Å². The van der Waals surface area contributed by atoms with E-state index in [4.69, 9.17) is 5.73 Å². The lowest BCUT2D eigenvalue weighted by Gasteiger charge is -2.32. The largest absolute Gasteiger partial charge is 0.341 e. The molecule has 3 nitrogen and oxygen atoms in total. The molecular weight excluding hydrogens is 232 g/mol. The van der Waals surface area contributed by atoms with Gasteiger partial charge in [0.1, 0.15) is 0 Å². The van der Waals surface area contributed by atoms with Gasteiger partial charge in [0.15, 0.2) is 0 Å². The van der Waals surface area contributed by atoms with Gasteiger partial charge in [-0.1, -0.05) is 13.8 Å². The Balaban J connectivity index is 2.27. The molecule has 0 spiro atoms. The Bertz CT molecular complexity index is 235. The monoisotopic (exact) mass is 258 g/mol. The molecule has 2 unspecified atom stereocenters. The van der Waals surface area contributed by atoms with Crippen LogP contribution in [0.4, 0.5) is 0 Å². The van der Waals surface area contributed by atoms with E-state index in [1.165, 1.54) is 0 Å². The lowest BCUT2D eigenvalue weighted by Crippen LogP contribution is -2.41. The number of carbonyl (C=O) groups is 1. The lowest BCUT2D eigenvalue weighted by atomic mass is 10.0. The Morgan fingerprint density at radius 3 is 2.94 bits per heavy atom. The van der Waals surface area contributed by atoms with Crippen molar-refractivity contribution in [3.8, 4) is 0 Å². The van der Waals surface area contributed by atoms with E-state index < -0.39 is 0 Å². The molecule has 0 aromatic rings. The third-order valence-corrected chi connectivity index (χ3v) is 4.83. The summed E-state index contributed by atoms with van der Waals surface area (Å²) in [6, 6.07) is 0. The van der Waals surface area contributed by atoms with E-state index >= 15 is 0 Å². The van der Waals surface area contributed by atoms with Crippen LogP contribution in [0.5, 0.6) is 0 Å². The van der Waals surface area contributed by atoms with Crippen molar-refractivity contribution in [3.63, 3.8) is 0 Å². The highest BCUT2D eigenvalue weighted by Crippen LogP contribution is 2.22. The summed E-state index contributed by atoms with van der Waals surface area (Å²) in [4.78, 5) is 14.1. The zero-order valence-electron chi connectivity index (χ0n) is 11.2. The Labute approximate surface area is 109 Å². The third-order valence-electron chi connectivity index (χ3n) is 3.46. The van der Waals surface area contributed by atoms with E-state index in [2.05, 4.69) is 18.7 Å². The van der Waals surface area contributed by atoms with Crippen molar-refractivity contribution in [2.45, 2.75) is 44.8 Å². The fourth-order valence-electron chi connectivity index (χ4n) is 2.15. The Kier molecular flexibility index (Phi) is 6.97. The molecule has 17 heavy (non-hydrogen) atoms. The summed E-state index contributed by atoms with van der Waals surface area (Å²) in [7, 11) is 0. The van der Waals surface area contributed by atoms with E-state index in [0.717, 1.165) is 44.6 Å². The summed E-state index contributed by atoms with van der Waals surface area (Å²) >= 11 is 2.01. The molecule has 0 saturated carbocycles. The van der Waals surface area contributed by atoms with Gasteiger partial charge in [-0.3, -0.25) is 4.79 Å². The highest BCUT2D eigenvalue weighted by molar-refractivity contribution is 8.00. The van der Waals surface area contributed by atoms with E-state index in [9.17, 15) is 4.79 Å². The van der Waals surface area contributed by atoms with Gasteiger partial charge in [0.05, 0.1) is 0 Å². The Morgan fingerprint density at radius 1 is 1.53 bits per heavy atom. The first-order valence-corrected chi connectivity index (χ1v) is 7.81. The second-order valence-electron chi connectivity index (χ2n) is 4.96. The smallest absolute Gasteiger partial charge is 0.222 e. The lowest BCUT2D eigenvalue weighted by molar-refractivity contribution is -0.131. The number of carbonyl (C=O) groups excluding carboxylic acids is 1. The minimum Gasteiger partial charge on any atom is -0.341 e. The average molecular weight is 258 g/mol. The molecule has 0 aliphatic carbocycles. The van der Waals surface area contributed by atoms with Crippen LogP contribution in [-0.2, 0) is 4.79 Å². The van der Waals surface area contributed by atoms with Crippen LogP contribution in [0.15, 0.2) is 0 Å². The van der Waals surface area contributed by atoms with E-state index in [-0.39, 0.29) is 0 Å². The molecule has 0 aromatic carbocycles. The van der Waals surface area contributed by atoms with E-state index in [1.807, 2.05) is 11.8 Å². The maximum Gasteiger partial charge on any atom is 0.222 e. The maximum absolute atomic E-state index is 12.1. The van der Waals surface area contributed by atoms with E-state index in [1.54, 1.807) is 0 Å². The standard InChI is InChI=1S/C13H26N2OS/c1-3-12-10-15(8-9-17-12)13(16)5-4-11(2)6-7-14/h11-12H,3-10,14H2,1-2H3. The van der Waals surface area contributed by atoms with Gasteiger partial charge in [-0.15, -0.1) is 0 Å². The zero-order valence-corrected chi connectivity index (χ0v) is 12.0. The van der Waals surface area contributed by atoms with Crippen LogP contribution in [0.3, 0.4) is 0 Å². The number of hydrogen-bond donors (Lipinski definition) is 1. The molecule has 1 rings (SSSR count). The highest BCUT2D eigenvalue weighted by Gasteiger charge is 2.22. The molecule has 4 heteroatoms. The van der Waals surface area contributed by atoms with Gasteiger partial charge >= 0.3 is 0 Å². The van der Waals surface area contributed by atoms with Gasteiger partial charge in [0, 0.05) is 30.5 Å². The van der Waals surface area contributed by atoms with Gasteiger partial charge in [0.25, 0.3) is 0 Å². The van der Waals surface area contributed by atoms with Gasteiger partial charge < -0.3 is 10.6 Å². The number of hydrogen-bond acceptors (Lipinski definition) is 3.